The summed E-state index contributed by atoms with van der Waals surface area (Å²) in [5, 5.41) is 20.1. The molecule has 0 unspecified atom stereocenters. The average molecular weight is 471 g/mol. The molecule has 1 fully saturated rings. The molecule has 0 atom stereocenters. The van der Waals surface area contributed by atoms with Crippen LogP contribution in [0.5, 0.6) is 0 Å². The molecular formula is C26H34N2O6. The van der Waals surface area contributed by atoms with Gasteiger partial charge in [-0.2, -0.15) is 0 Å². The second kappa shape index (κ2) is 13.5. The lowest BCUT2D eigenvalue weighted by atomic mass is 9.72. The van der Waals surface area contributed by atoms with Crippen LogP contribution in [0.15, 0.2) is 64.9 Å². The molecule has 3 rings (SSSR count). The molecule has 2 aliphatic rings. The highest BCUT2D eigenvalue weighted by Crippen LogP contribution is 2.39. The van der Waals surface area contributed by atoms with Crippen molar-refractivity contribution in [3.05, 3.63) is 65.3 Å². The molecule has 2 N–H and O–H groups in total. The summed E-state index contributed by atoms with van der Waals surface area (Å²) in [6, 6.07) is 10.4. The summed E-state index contributed by atoms with van der Waals surface area (Å²) in [4.78, 5) is 27.2. The molecular weight excluding hydrogens is 436 g/mol. The van der Waals surface area contributed by atoms with E-state index in [4.69, 9.17) is 19.8 Å². The Balaban J connectivity index is 0.000000440. The quantitative estimate of drug-likeness (QED) is 0.354. The van der Waals surface area contributed by atoms with E-state index in [0.717, 1.165) is 45.0 Å². The first-order chi connectivity index (χ1) is 16.2. The number of carboxylic acids is 2. The zero-order chi connectivity index (χ0) is 25.0. The summed E-state index contributed by atoms with van der Waals surface area (Å²) in [6.45, 7) is 11.8. The second-order valence-electron chi connectivity index (χ2n) is 8.79. The first-order valence-corrected chi connectivity index (χ1v) is 11.3. The van der Waals surface area contributed by atoms with Gasteiger partial charge >= 0.3 is 11.9 Å². The number of nitrogens with zero attached hydrogens (tertiary/aromatic N) is 2. The standard InChI is InChI=1S/C22H30N2O2.C4H4O4/c1-18-15-21(23-26-14-11-24-9-12-25-13-10-24)20(22(2,3)17-18)16-19-7-5-4-6-8-19;5-3(6)1-2-4(7)8/h4-8,15-16H,9-14,17H2,1-3H3;1-2H,(H,5,6)(H,7,8)/b20-16-,23-21+;2-1+. The van der Waals surface area contributed by atoms with Gasteiger partial charge in [-0.05, 0) is 42.0 Å². The number of hydrogen-bond donors (Lipinski definition) is 2. The summed E-state index contributed by atoms with van der Waals surface area (Å²) < 4.78 is 5.38. The van der Waals surface area contributed by atoms with Crippen molar-refractivity contribution in [3.63, 3.8) is 0 Å². The normalized spacial score (nSPS) is 20.5. The minimum Gasteiger partial charge on any atom is -0.478 e. The van der Waals surface area contributed by atoms with Gasteiger partial charge in [-0.25, -0.2) is 9.59 Å². The summed E-state index contributed by atoms with van der Waals surface area (Å²) in [7, 11) is 0. The van der Waals surface area contributed by atoms with Crippen LogP contribution in [0.4, 0.5) is 0 Å². The molecule has 1 saturated heterocycles. The van der Waals surface area contributed by atoms with Crippen LogP contribution in [0, 0.1) is 5.41 Å². The Bertz CT molecular complexity index is 925. The molecule has 1 aliphatic carbocycles. The monoisotopic (exact) mass is 470 g/mol. The highest BCUT2D eigenvalue weighted by Gasteiger charge is 2.31. The van der Waals surface area contributed by atoms with Crippen LogP contribution >= 0.6 is 0 Å². The van der Waals surface area contributed by atoms with Crippen LogP contribution in [-0.4, -0.2) is 72.2 Å². The van der Waals surface area contributed by atoms with Crippen molar-refractivity contribution in [3.8, 4) is 0 Å². The summed E-state index contributed by atoms with van der Waals surface area (Å²) in [5.74, 6) is -2.51. The molecule has 0 spiro atoms. The molecule has 184 valence electrons. The van der Waals surface area contributed by atoms with Gasteiger partial charge in [0.1, 0.15) is 12.3 Å². The Morgan fingerprint density at radius 1 is 1.12 bits per heavy atom. The minimum absolute atomic E-state index is 0.0427. The van der Waals surface area contributed by atoms with Crippen LogP contribution < -0.4 is 0 Å². The highest BCUT2D eigenvalue weighted by atomic mass is 16.6. The van der Waals surface area contributed by atoms with E-state index >= 15 is 0 Å². The van der Waals surface area contributed by atoms with E-state index in [2.05, 4.69) is 67.2 Å². The Hall–Kier alpha value is -3.23. The summed E-state index contributed by atoms with van der Waals surface area (Å²) >= 11 is 0. The van der Waals surface area contributed by atoms with E-state index in [9.17, 15) is 9.59 Å². The molecule has 0 radical (unpaired) electrons. The van der Waals surface area contributed by atoms with Gasteiger partial charge in [-0.15, -0.1) is 0 Å². The average Bonchev–Trinajstić information content (AvgIpc) is 2.79. The molecule has 1 aromatic rings. The third-order valence-corrected chi connectivity index (χ3v) is 5.35. The lowest BCUT2D eigenvalue weighted by Crippen LogP contribution is -2.38. The number of morpholine rings is 1. The predicted octanol–water partition coefficient (Wildman–Crippen LogP) is 3.86. The van der Waals surface area contributed by atoms with E-state index in [1.54, 1.807) is 0 Å². The van der Waals surface area contributed by atoms with Crippen LogP contribution in [0.2, 0.25) is 0 Å². The first-order valence-electron chi connectivity index (χ1n) is 11.3. The van der Waals surface area contributed by atoms with Gasteiger partial charge in [0.05, 0.1) is 13.2 Å². The maximum atomic E-state index is 9.55. The lowest BCUT2D eigenvalue weighted by Gasteiger charge is -2.32. The lowest BCUT2D eigenvalue weighted by molar-refractivity contribution is -0.134. The number of hydrogen-bond acceptors (Lipinski definition) is 6. The van der Waals surface area contributed by atoms with Crippen LogP contribution in [0.1, 0.15) is 32.8 Å². The van der Waals surface area contributed by atoms with Crippen LogP contribution in [-0.2, 0) is 19.2 Å². The third kappa shape index (κ3) is 9.72. The Labute approximate surface area is 200 Å². The fourth-order valence-corrected chi connectivity index (χ4v) is 3.81. The molecule has 0 aromatic heterocycles. The van der Waals surface area contributed by atoms with Crippen molar-refractivity contribution in [1.29, 1.82) is 0 Å². The van der Waals surface area contributed by atoms with Crippen molar-refractivity contribution in [2.45, 2.75) is 27.2 Å². The zero-order valence-electron chi connectivity index (χ0n) is 20.1. The summed E-state index contributed by atoms with van der Waals surface area (Å²) in [6.07, 6.45) is 6.56. The van der Waals surface area contributed by atoms with Gasteiger partial charge in [0.2, 0.25) is 0 Å². The topological polar surface area (TPSA) is 109 Å². The number of carbonyl (C=O) groups is 2. The molecule has 8 heteroatoms. The Kier molecular flexibility index (Phi) is 10.7. The minimum atomic E-state index is -1.26. The number of benzene rings is 1. The van der Waals surface area contributed by atoms with E-state index in [1.165, 1.54) is 16.7 Å². The Morgan fingerprint density at radius 3 is 2.32 bits per heavy atom. The van der Waals surface area contributed by atoms with Crippen molar-refractivity contribution in [2.75, 3.05) is 39.5 Å². The van der Waals surface area contributed by atoms with Gasteiger partial charge in [0, 0.05) is 31.8 Å². The second-order valence-corrected chi connectivity index (χ2v) is 8.79. The number of allylic oxidation sites excluding steroid dienone is 3. The molecule has 34 heavy (non-hydrogen) atoms. The van der Waals surface area contributed by atoms with Gasteiger partial charge in [0.25, 0.3) is 0 Å². The van der Waals surface area contributed by atoms with Crippen LogP contribution in [0.25, 0.3) is 6.08 Å². The maximum absolute atomic E-state index is 9.55. The largest absolute Gasteiger partial charge is 0.478 e. The van der Waals surface area contributed by atoms with Crippen molar-refractivity contribution >= 4 is 23.7 Å². The fraction of sp³-hybridized carbons (Fsp3) is 0.423. The van der Waals surface area contributed by atoms with Gasteiger partial charge in [-0.1, -0.05) is 54.9 Å². The van der Waals surface area contributed by atoms with Crippen molar-refractivity contribution < 1.29 is 29.4 Å². The maximum Gasteiger partial charge on any atom is 0.328 e. The van der Waals surface area contributed by atoms with Gasteiger partial charge < -0.3 is 19.8 Å². The SMILES string of the molecule is CC1=CC(=N\OCCN2CCOCC2)/C(=C/c2ccccc2)C(C)(C)C1.O=C(O)/C=C/C(=O)O. The molecule has 0 bridgehead atoms. The molecule has 8 nitrogen and oxygen atoms in total. The van der Waals surface area contributed by atoms with Gasteiger partial charge in [-0.3, -0.25) is 4.90 Å². The van der Waals surface area contributed by atoms with E-state index < -0.39 is 11.9 Å². The molecule has 1 heterocycles. The third-order valence-electron chi connectivity index (χ3n) is 5.35. The highest BCUT2D eigenvalue weighted by molar-refractivity contribution is 6.13. The zero-order valence-corrected chi connectivity index (χ0v) is 20.1. The van der Waals surface area contributed by atoms with Crippen molar-refractivity contribution in [2.24, 2.45) is 10.6 Å². The van der Waals surface area contributed by atoms with E-state index in [0.29, 0.717) is 18.8 Å². The van der Waals surface area contributed by atoms with E-state index in [-0.39, 0.29) is 5.41 Å². The molecule has 1 aromatic carbocycles. The van der Waals surface area contributed by atoms with E-state index in [1.807, 2.05) is 6.07 Å². The number of oxime groups is 1. The number of ether oxygens (including phenoxy) is 1. The summed E-state index contributed by atoms with van der Waals surface area (Å²) in [5.41, 5.74) is 4.77. The molecule has 0 amide bonds. The molecule has 1 aliphatic heterocycles. The number of aliphatic carboxylic acids is 2. The van der Waals surface area contributed by atoms with Crippen LogP contribution in [0.3, 0.4) is 0 Å². The van der Waals surface area contributed by atoms with Crippen molar-refractivity contribution in [1.82, 2.24) is 4.90 Å². The van der Waals surface area contributed by atoms with Gasteiger partial charge in [0.15, 0.2) is 0 Å². The fourth-order valence-electron chi connectivity index (χ4n) is 3.81. The number of rotatable bonds is 7. The Morgan fingerprint density at radius 2 is 1.74 bits per heavy atom. The predicted molar refractivity (Wildman–Crippen MR) is 132 cm³/mol. The smallest absolute Gasteiger partial charge is 0.328 e. The number of carboxylic acid groups (broad SMARTS) is 2. The first kappa shape index (κ1) is 27.0. The molecule has 0 saturated carbocycles.